The van der Waals surface area contributed by atoms with Crippen molar-refractivity contribution in [2.75, 3.05) is 6.54 Å². The summed E-state index contributed by atoms with van der Waals surface area (Å²) < 4.78 is 0. The molecule has 2 heteroatoms. The van der Waals surface area contributed by atoms with E-state index in [-0.39, 0.29) is 5.91 Å². The van der Waals surface area contributed by atoms with Crippen molar-refractivity contribution in [1.82, 2.24) is 4.90 Å². The van der Waals surface area contributed by atoms with Gasteiger partial charge in [-0.3, -0.25) is 4.79 Å². The number of benzene rings is 1. The highest BCUT2D eigenvalue weighted by Gasteiger charge is 2.51. The summed E-state index contributed by atoms with van der Waals surface area (Å²) in [7, 11) is 0. The first-order valence-electron chi connectivity index (χ1n) is 7.52. The van der Waals surface area contributed by atoms with E-state index < -0.39 is 0 Å². The van der Waals surface area contributed by atoms with Gasteiger partial charge in [0.2, 0.25) is 0 Å². The highest BCUT2D eigenvalue weighted by Crippen LogP contribution is 2.49. The molecule has 1 heterocycles. The van der Waals surface area contributed by atoms with E-state index in [1.165, 1.54) is 6.42 Å². The number of hydrogen-bond acceptors (Lipinski definition) is 1. The lowest BCUT2D eigenvalue weighted by Crippen LogP contribution is -2.37. The number of hydrogen-bond donors (Lipinski definition) is 0. The lowest BCUT2D eigenvalue weighted by Gasteiger charge is -2.25. The average Bonchev–Trinajstić information content (AvgIpc) is 3.14. The minimum atomic E-state index is 0.158. The number of nitrogens with zero attached hydrogens (tertiary/aromatic N) is 1. The van der Waals surface area contributed by atoms with Crippen LogP contribution in [0, 0.1) is 30.6 Å². The molecule has 0 spiro atoms. The molecule has 0 unspecified atom stereocenters. The third kappa shape index (κ3) is 2.22. The summed E-state index contributed by atoms with van der Waals surface area (Å²) in [6, 6.07) is 6.36. The number of carbonyl (C=O) groups is 1. The molecule has 1 aliphatic carbocycles. The summed E-state index contributed by atoms with van der Waals surface area (Å²) in [4.78, 5) is 14.8. The Balaban J connectivity index is 1.91. The molecule has 3 rings (SSSR count). The molecular formula is C18H21NO. The van der Waals surface area contributed by atoms with Gasteiger partial charge < -0.3 is 4.90 Å². The minimum absolute atomic E-state index is 0.158. The van der Waals surface area contributed by atoms with E-state index in [1.54, 1.807) is 0 Å². The average molecular weight is 267 g/mol. The van der Waals surface area contributed by atoms with Crippen molar-refractivity contribution < 1.29 is 4.79 Å². The number of rotatable bonds is 1. The first-order valence-corrected chi connectivity index (χ1v) is 7.52. The third-order valence-corrected chi connectivity index (χ3v) is 4.59. The smallest absolute Gasteiger partial charge is 0.255 e. The van der Waals surface area contributed by atoms with E-state index in [4.69, 9.17) is 0 Å². The van der Waals surface area contributed by atoms with Crippen LogP contribution in [0.2, 0.25) is 0 Å². The standard InChI is InChI=1S/C18H21NO/c1-4-5-6-14-9-12(2)7-8-16(14)18(20)19-11-15-10-17(15)13(19)3/h7-9,13,15,17H,4,10-11H2,1-3H3/t13-,15+,17-/m0/s1. The maximum Gasteiger partial charge on any atom is 0.255 e. The highest BCUT2D eigenvalue weighted by molar-refractivity contribution is 5.97. The quantitative estimate of drug-likeness (QED) is 0.715. The maximum absolute atomic E-state index is 12.8. The van der Waals surface area contributed by atoms with E-state index in [2.05, 4.69) is 18.8 Å². The van der Waals surface area contributed by atoms with Crippen LogP contribution in [0.15, 0.2) is 18.2 Å². The van der Waals surface area contributed by atoms with E-state index in [9.17, 15) is 4.79 Å². The second-order valence-electron chi connectivity index (χ2n) is 6.06. The summed E-state index contributed by atoms with van der Waals surface area (Å²) in [5.41, 5.74) is 2.80. The first kappa shape index (κ1) is 13.2. The molecule has 20 heavy (non-hydrogen) atoms. The highest BCUT2D eigenvalue weighted by atomic mass is 16.2. The van der Waals surface area contributed by atoms with Crippen molar-refractivity contribution >= 4 is 5.91 Å². The molecule has 1 aromatic carbocycles. The number of piperidine rings is 1. The van der Waals surface area contributed by atoms with Crippen molar-refractivity contribution in [3.63, 3.8) is 0 Å². The summed E-state index contributed by atoms with van der Waals surface area (Å²) in [6.45, 7) is 7.18. The van der Waals surface area contributed by atoms with Crippen LogP contribution in [-0.2, 0) is 0 Å². The van der Waals surface area contributed by atoms with Gasteiger partial charge in [-0.25, -0.2) is 0 Å². The zero-order valence-electron chi connectivity index (χ0n) is 12.4. The molecule has 0 N–H and O–H groups in total. The van der Waals surface area contributed by atoms with Crippen LogP contribution in [0.25, 0.3) is 0 Å². The topological polar surface area (TPSA) is 20.3 Å². The van der Waals surface area contributed by atoms with Gasteiger partial charge in [-0.15, -0.1) is 0 Å². The van der Waals surface area contributed by atoms with E-state index >= 15 is 0 Å². The van der Waals surface area contributed by atoms with Gasteiger partial charge in [-0.1, -0.05) is 24.8 Å². The Kier molecular flexibility index (Phi) is 3.30. The molecule has 1 saturated carbocycles. The monoisotopic (exact) mass is 267 g/mol. The van der Waals surface area contributed by atoms with E-state index in [1.807, 2.05) is 36.9 Å². The molecule has 0 aromatic heterocycles. The van der Waals surface area contributed by atoms with E-state index in [0.717, 1.165) is 41.5 Å². The number of likely N-dealkylation sites (tertiary alicyclic amines) is 1. The van der Waals surface area contributed by atoms with Gasteiger partial charge in [0, 0.05) is 24.6 Å². The number of carbonyl (C=O) groups excluding carboxylic acids is 1. The molecular weight excluding hydrogens is 246 g/mol. The fraction of sp³-hybridized carbons (Fsp3) is 0.500. The molecule has 3 atom stereocenters. The van der Waals surface area contributed by atoms with Crippen LogP contribution in [0.5, 0.6) is 0 Å². The van der Waals surface area contributed by atoms with Gasteiger partial charge in [0.1, 0.15) is 0 Å². The van der Waals surface area contributed by atoms with Crippen LogP contribution in [0.3, 0.4) is 0 Å². The van der Waals surface area contributed by atoms with Crippen molar-refractivity contribution in [2.24, 2.45) is 11.8 Å². The van der Waals surface area contributed by atoms with Crippen molar-refractivity contribution in [2.45, 2.75) is 39.7 Å². The Morgan fingerprint density at radius 1 is 1.45 bits per heavy atom. The normalized spacial score (nSPS) is 26.8. The van der Waals surface area contributed by atoms with Gasteiger partial charge in [-0.05, 0) is 49.8 Å². The van der Waals surface area contributed by atoms with Gasteiger partial charge >= 0.3 is 0 Å². The Bertz CT molecular complexity index is 608. The fourth-order valence-electron chi connectivity index (χ4n) is 3.28. The summed E-state index contributed by atoms with van der Waals surface area (Å²) in [6.07, 6.45) is 2.12. The number of fused-ring (bicyclic) bond motifs is 1. The lowest BCUT2D eigenvalue weighted by molar-refractivity contribution is 0.0720. The SMILES string of the molecule is CCC#Cc1cc(C)ccc1C(=O)N1C[C@H]2C[C@H]2[C@@H]1C. The van der Waals surface area contributed by atoms with Crippen molar-refractivity contribution in [3.8, 4) is 11.8 Å². The molecule has 1 amide bonds. The lowest BCUT2D eigenvalue weighted by atomic mass is 10.0. The second kappa shape index (κ2) is 4.98. The minimum Gasteiger partial charge on any atom is -0.335 e. The largest absolute Gasteiger partial charge is 0.335 e. The Hall–Kier alpha value is -1.75. The Labute approximate surface area is 121 Å². The predicted octanol–water partition coefficient (Wildman–Crippen LogP) is 3.24. The van der Waals surface area contributed by atoms with Crippen LogP contribution in [-0.4, -0.2) is 23.4 Å². The van der Waals surface area contributed by atoms with Crippen molar-refractivity contribution in [3.05, 3.63) is 34.9 Å². The van der Waals surface area contributed by atoms with Gasteiger partial charge in [-0.2, -0.15) is 0 Å². The molecule has 2 nitrogen and oxygen atoms in total. The number of aryl methyl sites for hydroxylation is 1. The Morgan fingerprint density at radius 2 is 2.25 bits per heavy atom. The second-order valence-corrected chi connectivity index (χ2v) is 6.06. The zero-order chi connectivity index (χ0) is 14.3. The fourth-order valence-corrected chi connectivity index (χ4v) is 3.28. The molecule has 0 bridgehead atoms. The molecule has 1 saturated heterocycles. The maximum atomic E-state index is 12.8. The van der Waals surface area contributed by atoms with Crippen LogP contribution in [0.1, 0.15) is 48.2 Å². The zero-order valence-corrected chi connectivity index (χ0v) is 12.4. The van der Waals surface area contributed by atoms with Gasteiger partial charge in [0.05, 0.1) is 5.56 Å². The molecule has 1 aliphatic heterocycles. The summed E-state index contributed by atoms with van der Waals surface area (Å²) in [5, 5.41) is 0. The van der Waals surface area contributed by atoms with Crippen molar-refractivity contribution in [1.29, 1.82) is 0 Å². The van der Waals surface area contributed by atoms with E-state index in [0.29, 0.717) is 6.04 Å². The third-order valence-electron chi connectivity index (χ3n) is 4.59. The summed E-state index contributed by atoms with van der Waals surface area (Å²) >= 11 is 0. The van der Waals surface area contributed by atoms with Gasteiger partial charge in [0.15, 0.2) is 0 Å². The molecule has 1 aromatic rings. The number of amides is 1. The van der Waals surface area contributed by atoms with Crippen LogP contribution >= 0.6 is 0 Å². The molecule has 0 radical (unpaired) electrons. The van der Waals surface area contributed by atoms with Gasteiger partial charge in [0.25, 0.3) is 5.91 Å². The van der Waals surface area contributed by atoms with Crippen LogP contribution < -0.4 is 0 Å². The molecule has 104 valence electrons. The van der Waals surface area contributed by atoms with Crippen LogP contribution in [0.4, 0.5) is 0 Å². The molecule has 2 fully saturated rings. The summed E-state index contributed by atoms with van der Waals surface area (Å²) in [5.74, 6) is 7.89. The molecule has 2 aliphatic rings. The predicted molar refractivity (Wildman–Crippen MR) is 80.4 cm³/mol. The Morgan fingerprint density at radius 3 is 2.90 bits per heavy atom. The first-order chi connectivity index (χ1) is 9.61.